The normalized spacial score (nSPS) is 13.5. The predicted octanol–water partition coefficient (Wildman–Crippen LogP) is 4.26. The summed E-state index contributed by atoms with van der Waals surface area (Å²) < 4.78 is 5.49. The third-order valence-electron chi connectivity index (χ3n) is 4.95. The second-order valence-corrected chi connectivity index (χ2v) is 8.06. The molecule has 1 saturated heterocycles. The largest absolute Gasteiger partial charge is 0.378 e. The van der Waals surface area contributed by atoms with Crippen LogP contribution in [0.3, 0.4) is 0 Å². The van der Waals surface area contributed by atoms with Crippen LogP contribution in [0.15, 0.2) is 60.7 Å². The molecule has 0 radical (unpaired) electrons. The standard InChI is InChI=1S/C23H24N4O3S/c1-24-23(29)26-18-9-7-17(8-10-18)25-21(28)20-15-19(16-5-3-2-4-6-16)22(31-20)27-11-13-30-14-12-27/h2-10,15H,11-14H2,1H3,(H,25,28)(H2,24,26,29). The number of benzene rings is 2. The van der Waals surface area contributed by atoms with E-state index in [0.29, 0.717) is 29.5 Å². The fourth-order valence-corrected chi connectivity index (χ4v) is 4.47. The summed E-state index contributed by atoms with van der Waals surface area (Å²) in [5, 5.41) is 9.23. The molecule has 1 aromatic heterocycles. The van der Waals surface area contributed by atoms with Crippen LogP contribution in [0.1, 0.15) is 9.67 Å². The van der Waals surface area contributed by atoms with E-state index in [0.717, 1.165) is 29.2 Å². The maximum absolute atomic E-state index is 13.0. The van der Waals surface area contributed by atoms with E-state index in [4.69, 9.17) is 4.74 Å². The first-order valence-electron chi connectivity index (χ1n) is 10.1. The number of nitrogens with one attached hydrogen (secondary N) is 3. The van der Waals surface area contributed by atoms with Gasteiger partial charge >= 0.3 is 6.03 Å². The average Bonchev–Trinajstić information content (AvgIpc) is 3.27. The van der Waals surface area contributed by atoms with Crippen molar-refractivity contribution >= 4 is 39.7 Å². The number of carbonyl (C=O) groups is 2. The second-order valence-electron chi connectivity index (χ2n) is 7.03. The Hall–Kier alpha value is -3.36. The third kappa shape index (κ3) is 5.04. The number of anilines is 3. The van der Waals surface area contributed by atoms with Crippen molar-refractivity contribution in [3.63, 3.8) is 0 Å². The van der Waals surface area contributed by atoms with E-state index in [2.05, 4.69) is 33.0 Å². The van der Waals surface area contributed by atoms with Crippen LogP contribution in [-0.4, -0.2) is 45.3 Å². The van der Waals surface area contributed by atoms with Crippen molar-refractivity contribution in [2.24, 2.45) is 0 Å². The summed E-state index contributed by atoms with van der Waals surface area (Å²) in [6.45, 7) is 2.98. The molecule has 0 spiro atoms. The molecule has 3 N–H and O–H groups in total. The average molecular weight is 437 g/mol. The molecular weight excluding hydrogens is 412 g/mol. The molecule has 31 heavy (non-hydrogen) atoms. The molecule has 0 saturated carbocycles. The number of rotatable bonds is 5. The Bertz CT molecular complexity index is 1040. The maximum Gasteiger partial charge on any atom is 0.318 e. The van der Waals surface area contributed by atoms with Crippen molar-refractivity contribution < 1.29 is 14.3 Å². The lowest BCUT2D eigenvalue weighted by atomic mass is 10.1. The van der Waals surface area contributed by atoms with Gasteiger partial charge in [0.15, 0.2) is 0 Å². The first-order valence-corrected chi connectivity index (χ1v) is 10.9. The van der Waals surface area contributed by atoms with Gasteiger partial charge in [-0.25, -0.2) is 4.79 Å². The zero-order chi connectivity index (χ0) is 21.6. The number of nitrogens with zero attached hydrogens (tertiary/aromatic N) is 1. The fourth-order valence-electron chi connectivity index (χ4n) is 3.34. The van der Waals surface area contributed by atoms with Gasteiger partial charge in [0, 0.05) is 37.1 Å². The minimum absolute atomic E-state index is 0.159. The molecule has 2 heterocycles. The number of urea groups is 1. The van der Waals surface area contributed by atoms with E-state index in [1.807, 2.05) is 24.3 Å². The second kappa shape index (κ2) is 9.63. The number of hydrogen-bond acceptors (Lipinski definition) is 5. The summed E-state index contributed by atoms with van der Waals surface area (Å²) in [6.07, 6.45) is 0. The number of thiophene rings is 1. The lowest BCUT2D eigenvalue weighted by Gasteiger charge is -2.28. The highest BCUT2D eigenvalue weighted by Crippen LogP contribution is 2.39. The van der Waals surface area contributed by atoms with Gasteiger partial charge in [0.25, 0.3) is 5.91 Å². The smallest absolute Gasteiger partial charge is 0.318 e. The van der Waals surface area contributed by atoms with Crippen molar-refractivity contribution in [1.29, 1.82) is 0 Å². The Kier molecular flexibility index (Phi) is 6.49. The molecule has 1 fully saturated rings. The van der Waals surface area contributed by atoms with Gasteiger partial charge in [-0.15, -0.1) is 11.3 Å². The molecule has 0 unspecified atom stereocenters. The van der Waals surface area contributed by atoms with Crippen LogP contribution < -0.4 is 20.9 Å². The Morgan fingerprint density at radius 3 is 2.23 bits per heavy atom. The summed E-state index contributed by atoms with van der Waals surface area (Å²) in [4.78, 5) is 27.3. The molecular formula is C23H24N4O3S. The molecule has 0 atom stereocenters. The zero-order valence-electron chi connectivity index (χ0n) is 17.2. The number of morpholine rings is 1. The molecule has 1 aliphatic heterocycles. The monoisotopic (exact) mass is 436 g/mol. The van der Waals surface area contributed by atoms with E-state index < -0.39 is 0 Å². The maximum atomic E-state index is 13.0. The highest BCUT2D eigenvalue weighted by molar-refractivity contribution is 7.18. The molecule has 1 aliphatic rings. The summed E-state index contributed by atoms with van der Waals surface area (Å²) in [5.74, 6) is -0.159. The van der Waals surface area contributed by atoms with Gasteiger partial charge in [-0.1, -0.05) is 30.3 Å². The van der Waals surface area contributed by atoms with Crippen LogP contribution in [0.2, 0.25) is 0 Å². The van der Waals surface area contributed by atoms with E-state index >= 15 is 0 Å². The highest BCUT2D eigenvalue weighted by atomic mass is 32.1. The van der Waals surface area contributed by atoms with Crippen LogP contribution >= 0.6 is 11.3 Å². The number of carbonyl (C=O) groups excluding carboxylic acids is 2. The number of amides is 3. The quantitative estimate of drug-likeness (QED) is 0.558. The molecule has 2 aromatic carbocycles. The molecule has 3 amide bonds. The van der Waals surface area contributed by atoms with Gasteiger partial charge < -0.3 is 25.6 Å². The summed E-state index contributed by atoms with van der Waals surface area (Å²) in [5.41, 5.74) is 3.45. The minimum Gasteiger partial charge on any atom is -0.378 e. The van der Waals surface area contributed by atoms with E-state index in [1.165, 1.54) is 11.3 Å². The van der Waals surface area contributed by atoms with Gasteiger partial charge in [-0.3, -0.25) is 4.79 Å². The minimum atomic E-state index is -0.292. The zero-order valence-corrected chi connectivity index (χ0v) is 18.0. The van der Waals surface area contributed by atoms with Crippen molar-refractivity contribution in [3.8, 4) is 11.1 Å². The highest BCUT2D eigenvalue weighted by Gasteiger charge is 2.22. The Labute approximate surface area is 185 Å². The summed E-state index contributed by atoms with van der Waals surface area (Å²) in [6, 6.07) is 18.8. The van der Waals surface area contributed by atoms with Crippen molar-refractivity contribution in [3.05, 3.63) is 65.5 Å². The van der Waals surface area contributed by atoms with Crippen LogP contribution in [0.5, 0.6) is 0 Å². The Balaban J connectivity index is 1.55. The van der Waals surface area contributed by atoms with Crippen LogP contribution in [-0.2, 0) is 4.74 Å². The summed E-state index contributed by atoms with van der Waals surface area (Å²) in [7, 11) is 1.56. The Morgan fingerprint density at radius 2 is 1.58 bits per heavy atom. The first kappa shape index (κ1) is 20.9. The van der Waals surface area contributed by atoms with Gasteiger partial charge in [0.2, 0.25) is 0 Å². The SMILES string of the molecule is CNC(=O)Nc1ccc(NC(=O)c2cc(-c3ccccc3)c(N3CCOCC3)s2)cc1. The van der Waals surface area contributed by atoms with Crippen LogP contribution in [0.4, 0.5) is 21.2 Å². The Morgan fingerprint density at radius 1 is 0.935 bits per heavy atom. The predicted molar refractivity (Wildman–Crippen MR) is 125 cm³/mol. The van der Waals surface area contributed by atoms with E-state index in [-0.39, 0.29) is 11.9 Å². The van der Waals surface area contributed by atoms with Crippen molar-refractivity contribution in [2.75, 3.05) is 48.9 Å². The fraction of sp³-hybridized carbons (Fsp3) is 0.217. The van der Waals surface area contributed by atoms with Crippen LogP contribution in [0, 0.1) is 0 Å². The van der Waals surface area contributed by atoms with Crippen molar-refractivity contribution in [2.45, 2.75) is 0 Å². The van der Waals surface area contributed by atoms with Gasteiger partial charge in [-0.05, 0) is 35.9 Å². The van der Waals surface area contributed by atoms with Gasteiger partial charge in [0.1, 0.15) is 0 Å². The number of hydrogen-bond donors (Lipinski definition) is 3. The van der Waals surface area contributed by atoms with Crippen molar-refractivity contribution in [1.82, 2.24) is 5.32 Å². The van der Waals surface area contributed by atoms with Crippen LogP contribution in [0.25, 0.3) is 11.1 Å². The molecule has 4 rings (SSSR count). The topological polar surface area (TPSA) is 82.7 Å². The lowest BCUT2D eigenvalue weighted by Crippen LogP contribution is -2.35. The molecule has 160 valence electrons. The molecule has 0 bridgehead atoms. The van der Waals surface area contributed by atoms with Gasteiger partial charge in [0.05, 0.1) is 23.1 Å². The molecule has 7 nitrogen and oxygen atoms in total. The van der Waals surface area contributed by atoms with E-state index in [1.54, 1.807) is 31.3 Å². The molecule has 0 aliphatic carbocycles. The van der Waals surface area contributed by atoms with E-state index in [9.17, 15) is 9.59 Å². The number of ether oxygens (including phenoxy) is 1. The summed E-state index contributed by atoms with van der Waals surface area (Å²) >= 11 is 1.50. The molecule has 8 heteroatoms. The first-order chi connectivity index (χ1) is 15.1. The van der Waals surface area contributed by atoms with Gasteiger partial charge in [-0.2, -0.15) is 0 Å². The molecule has 3 aromatic rings. The third-order valence-corrected chi connectivity index (χ3v) is 6.14. The lowest BCUT2D eigenvalue weighted by molar-refractivity contribution is 0.103.